The molecule has 0 saturated heterocycles. The summed E-state index contributed by atoms with van der Waals surface area (Å²) in [6, 6.07) is 4.39. The Morgan fingerprint density at radius 1 is 1.38 bits per heavy atom. The summed E-state index contributed by atoms with van der Waals surface area (Å²) in [5.74, 6) is -0.110. The molecule has 0 aliphatic rings. The maximum atomic E-state index is 13.2. The quantitative estimate of drug-likeness (QED) is 0.480. The molecule has 0 spiro atoms. The van der Waals surface area contributed by atoms with E-state index in [1.165, 1.54) is 18.3 Å². The minimum atomic E-state index is -0.493. The molecule has 1 heterocycles. The molecule has 1 aromatic carbocycles. The molecular formula is C10H5ClFIN2O. The summed E-state index contributed by atoms with van der Waals surface area (Å²) in [4.78, 5) is 14.8. The Morgan fingerprint density at radius 3 is 2.81 bits per heavy atom. The monoisotopic (exact) mass is 350 g/mol. The van der Waals surface area contributed by atoms with E-state index in [2.05, 4.69) is 10.3 Å². The van der Waals surface area contributed by atoms with Crippen molar-refractivity contribution < 1.29 is 9.18 Å². The molecule has 2 rings (SSSR count). The number of hydrogen-bond acceptors (Lipinski definition) is 2. The first-order valence-electron chi connectivity index (χ1n) is 4.27. The number of carbonyl (C=O) groups is 1. The van der Waals surface area contributed by atoms with Crippen molar-refractivity contribution >= 4 is 54.7 Å². The molecule has 0 fully saturated rings. The van der Waals surface area contributed by atoms with E-state index in [1.807, 2.05) is 0 Å². The van der Waals surface area contributed by atoms with Gasteiger partial charge in [-0.3, -0.25) is 4.79 Å². The number of halogens is 3. The molecule has 0 radical (unpaired) electrons. The average Bonchev–Trinajstić information content (AvgIpc) is 2.19. The third-order valence-corrected chi connectivity index (χ3v) is 2.55. The van der Waals surface area contributed by atoms with Gasteiger partial charge in [-0.1, -0.05) is 11.6 Å². The summed E-state index contributed by atoms with van der Waals surface area (Å²) in [6.07, 6.45) is 1.53. The van der Waals surface area contributed by atoms with E-state index in [1.54, 1.807) is 28.7 Å². The predicted molar refractivity (Wildman–Crippen MR) is 69.7 cm³/mol. The zero-order chi connectivity index (χ0) is 11.7. The van der Waals surface area contributed by atoms with Gasteiger partial charge < -0.3 is 5.32 Å². The largest absolute Gasteiger partial charge is 0.302 e. The van der Waals surface area contributed by atoms with Crippen molar-refractivity contribution in [3.8, 4) is 0 Å². The third kappa shape index (κ3) is 2.41. The number of aromatic nitrogens is 1. The van der Waals surface area contributed by atoms with Crippen LogP contribution in [0.2, 0.25) is 5.02 Å². The van der Waals surface area contributed by atoms with Gasteiger partial charge in [0.25, 0.3) is 3.91 Å². The summed E-state index contributed by atoms with van der Waals surface area (Å²) in [5.41, 5.74) is 0. The first-order valence-corrected chi connectivity index (χ1v) is 5.73. The van der Waals surface area contributed by atoms with Crippen LogP contribution in [-0.2, 0) is 0 Å². The van der Waals surface area contributed by atoms with E-state index in [0.29, 0.717) is 11.2 Å². The molecule has 2 aromatic rings. The Kier molecular flexibility index (Phi) is 3.25. The SMILES string of the molecule is O=C(I)Nc1cc2cc(F)c(Cl)cc2cn1. The Balaban J connectivity index is 2.53. The molecule has 16 heavy (non-hydrogen) atoms. The number of amides is 1. The average molecular weight is 351 g/mol. The first-order chi connectivity index (χ1) is 7.56. The van der Waals surface area contributed by atoms with Gasteiger partial charge in [0.2, 0.25) is 0 Å². The predicted octanol–water partition coefficient (Wildman–Crippen LogP) is 3.99. The smallest absolute Gasteiger partial charge is 0.286 e. The lowest BCUT2D eigenvalue weighted by Gasteiger charge is -2.03. The van der Waals surface area contributed by atoms with Crippen LogP contribution >= 0.6 is 34.2 Å². The van der Waals surface area contributed by atoms with Crippen LogP contribution < -0.4 is 5.32 Å². The molecule has 82 valence electrons. The van der Waals surface area contributed by atoms with Crippen molar-refractivity contribution in [2.75, 3.05) is 5.32 Å². The van der Waals surface area contributed by atoms with Gasteiger partial charge in [0, 0.05) is 34.2 Å². The van der Waals surface area contributed by atoms with E-state index < -0.39 is 5.82 Å². The topological polar surface area (TPSA) is 42.0 Å². The molecule has 1 N–H and O–H groups in total. The fourth-order valence-corrected chi connectivity index (χ4v) is 1.76. The van der Waals surface area contributed by atoms with E-state index in [-0.39, 0.29) is 8.94 Å². The number of nitrogens with zero attached hydrogens (tertiary/aromatic N) is 1. The number of pyridine rings is 1. The second-order valence-corrected chi connectivity index (χ2v) is 4.47. The summed E-state index contributed by atoms with van der Waals surface area (Å²) < 4.78 is 13.0. The van der Waals surface area contributed by atoms with E-state index in [4.69, 9.17) is 11.6 Å². The van der Waals surface area contributed by atoms with E-state index in [9.17, 15) is 9.18 Å². The molecule has 3 nitrogen and oxygen atoms in total. The van der Waals surface area contributed by atoms with Crippen LogP contribution in [0.1, 0.15) is 0 Å². The number of anilines is 1. The van der Waals surface area contributed by atoms with Crippen LogP contribution in [-0.4, -0.2) is 8.90 Å². The second kappa shape index (κ2) is 4.50. The molecule has 6 heteroatoms. The number of nitrogens with one attached hydrogen (secondary N) is 1. The zero-order valence-electron chi connectivity index (χ0n) is 7.80. The summed E-state index contributed by atoms with van der Waals surface area (Å²) in [6.45, 7) is 0. The maximum Gasteiger partial charge on any atom is 0.286 e. The molecule has 1 amide bonds. The number of carbonyl (C=O) groups excluding carboxylic acids is 1. The van der Waals surface area contributed by atoms with Crippen molar-refractivity contribution in [3.05, 3.63) is 35.2 Å². The van der Waals surface area contributed by atoms with E-state index in [0.717, 1.165) is 5.39 Å². The van der Waals surface area contributed by atoms with Gasteiger partial charge in [0.1, 0.15) is 11.6 Å². The Labute approximate surface area is 109 Å². The lowest BCUT2D eigenvalue weighted by Crippen LogP contribution is -2.01. The highest BCUT2D eigenvalue weighted by atomic mass is 127. The minimum Gasteiger partial charge on any atom is -0.302 e. The molecule has 0 aliphatic heterocycles. The van der Waals surface area contributed by atoms with E-state index >= 15 is 0 Å². The van der Waals surface area contributed by atoms with Gasteiger partial charge in [-0.05, 0) is 23.6 Å². The van der Waals surface area contributed by atoms with Crippen molar-refractivity contribution in [2.24, 2.45) is 0 Å². The number of rotatable bonds is 1. The number of benzene rings is 1. The second-order valence-electron chi connectivity index (χ2n) is 3.08. The van der Waals surface area contributed by atoms with Crippen LogP contribution in [0.3, 0.4) is 0 Å². The van der Waals surface area contributed by atoms with Crippen LogP contribution in [0, 0.1) is 5.82 Å². The van der Waals surface area contributed by atoms with Gasteiger partial charge in [-0.2, -0.15) is 0 Å². The standard InChI is InChI=1S/C10H5ClFIN2O/c11-7-1-6-4-14-9(15-10(13)16)3-5(6)2-8(7)12/h1-4H,(H,14,15,16). The van der Waals surface area contributed by atoms with Gasteiger partial charge >= 0.3 is 0 Å². The maximum absolute atomic E-state index is 13.2. The van der Waals surface area contributed by atoms with Crippen LogP contribution in [0.4, 0.5) is 15.0 Å². The fraction of sp³-hybridized carbons (Fsp3) is 0. The highest BCUT2D eigenvalue weighted by Gasteiger charge is 2.05. The van der Waals surface area contributed by atoms with Gasteiger partial charge in [-0.25, -0.2) is 9.37 Å². The van der Waals surface area contributed by atoms with Crippen LogP contribution in [0.25, 0.3) is 10.8 Å². The van der Waals surface area contributed by atoms with Crippen molar-refractivity contribution in [3.63, 3.8) is 0 Å². The molecule has 0 bridgehead atoms. The highest BCUT2D eigenvalue weighted by molar-refractivity contribution is 14.1. The molecule has 0 aliphatic carbocycles. The van der Waals surface area contributed by atoms with Gasteiger partial charge in [-0.15, -0.1) is 0 Å². The molecule has 0 unspecified atom stereocenters. The summed E-state index contributed by atoms with van der Waals surface area (Å²) in [5, 5.41) is 3.92. The lowest BCUT2D eigenvalue weighted by molar-refractivity contribution is 0.271. The van der Waals surface area contributed by atoms with Crippen LogP contribution in [0.5, 0.6) is 0 Å². The van der Waals surface area contributed by atoms with Crippen molar-refractivity contribution in [1.82, 2.24) is 4.98 Å². The molecule has 0 atom stereocenters. The Morgan fingerprint density at radius 2 is 2.12 bits per heavy atom. The Hall–Kier alpha value is -0.950. The number of fused-ring (bicyclic) bond motifs is 1. The minimum absolute atomic E-state index is 0.0555. The first kappa shape index (κ1) is 11.5. The zero-order valence-corrected chi connectivity index (χ0v) is 10.7. The molecule has 0 saturated carbocycles. The lowest BCUT2D eigenvalue weighted by atomic mass is 10.2. The normalized spacial score (nSPS) is 10.4. The molecular weight excluding hydrogens is 345 g/mol. The molecule has 1 aromatic heterocycles. The van der Waals surface area contributed by atoms with Gasteiger partial charge in [0.05, 0.1) is 5.02 Å². The fourth-order valence-electron chi connectivity index (χ4n) is 1.31. The van der Waals surface area contributed by atoms with Crippen LogP contribution in [0.15, 0.2) is 24.4 Å². The van der Waals surface area contributed by atoms with Crippen molar-refractivity contribution in [2.45, 2.75) is 0 Å². The Bertz CT molecular complexity index is 576. The summed E-state index contributed by atoms with van der Waals surface area (Å²) >= 11 is 7.23. The summed E-state index contributed by atoms with van der Waals surface area (Å²) in [7, 11) is 0. The van der Waals surface area contributed by atoms with Crippen molar-refractivity contribution in [1.29, 1.82) is 0 Å². The third-order valence-electron chi connectivity index (χ3n) is 1.99. The highest BCUT2D eigenvalue weighted by Crippen LogP contribution is 2.24. The van der Waals surface area contributed by atoms with Gasteiger partial charge in [0.15, 0.2) is 0 Å². The number of hydrogen-bond donors (Lipinski definition) is 1.